The average molecular weight is 294 g/mol. The van der Waals surface area contributed by atoms with E-state index in [0.29, 0.717) is 10.8 Å². The fraction of sp³-hybridized carbons (Fsp3) is 0. The highest BCUT2D eigenvalue weighted by molar-refractivity contribution is 6.30. The second-order valence-electron chi connectivity index (χ2n) is 3.60. The van der Waals surface area contributed by atoms with Crippen LogP contribution < -0.4 is 5.32 Å². The van der Waals surface area contributed by atoms with Crippen LogP contribution in [-0.4, -0.2) is 15.9 Å². The molecule has 0 aliphatic heterocycles. The molecule has 1 aromatic heterocycles. The number of rotatable bonds is 3. The highest BCUT2D eigenvalue weighted by Crippen LogP contribution is 2.11. The van der Waals surface area contributed by atoms with Crippen LogP contribution in [0.5, 0.6) is 0 Å². The Labute approximate surface area is 120 Å². The summed E-state index contributed by atoms with van der Waals surface area (Å²) in [7, 11) is 0. The number of carbonyl (C=O) groups is 1. The van der Waals surface area contributed by atoms with Crippen LogP contribution in [0.15, 0.2) is 42.7 Å². The van der Waals surface area contributed by atoms with E-state index in [0.717, 1.165) is 5.56 Å². The van der Waals surface area contributed by atoms with Crippen LogP contribution in [0.4, 0.5) is 5.82 Å². The van der Waals surface area contributed by atoms with Gasteiger partial charge in [-0.1, -0.05) is 35.3 Å². The number of hydrogen-bond acceptors (Lipinski definition) is 3. The van der Waals surface area contributed by atoms with Crippen molar-refractivity contribution in [3.8, 4) is 0 Å². The SMILES string of the molecule is O=C(/C=C/c1ccc(Cl)cc1)Nc1cnc(Cl)cn1. The Morgan fingerprint density at radius 1 is 1.11 bits per heavy atom. The van der Waals surface area contributed by atoms with Gasteiger partial charge in [0.1, 0.15) is 5.15 Å². The molecule has 96 valence electrons. The summed E-state index contributed by atoms with van der Waals surface area (Å²) in [6.07, 6.45) is 5.82. The number of halogens is 2. The van der Waals surface area contributed by atoms with Crippen LogP contribution in [-0.2, 0) is 4.79 Å². The monoisotopic (exact) mass is 293 g/mol. The van der Waals surface area contributed by atoms with Crippen molar-refractivity contribution < 1.29 is 4.79 Å². The van der Waals surface area contributed by atoms with E-state index >= 15 is 0 Å². The molecule has 19 heavy (non-hydrogen) atoms. The van der Waals surface area contributed by atoms with Crippen molar-refractivity contribution in [3.63, 3.8) is 0 Å². The molecular weight excluding hydrogens is 285 g/mol. The smallest absolute Gasteiger partial charge is 0.249 e. The van der Waals surface area contributed by atoms with Crippen molar-refractivity contribution in [1.29, 1.82) is 0 Å². The zero-order valence-corrected chi connectivity index (χ0v) is 11.2. The minimum Gasteiger partial charge on any atom is -0.306 e. The quantitative estimate of drug-likeness (QED) is 0.882. The van der Waals surface area contributed by atoms with Gasteiger partial charge in [-0.2, -0.15) is 0 Å². The molecule has 1 amide bonds. The first-order chi connectivity index (χ1) is 9.13. The van der Waals surface area contributed by atoms with E-state index in [1.165, 1.54) is 18.5 Å². The molecule has 0 unspecified atom stereocenters. The molecule has 6 heteroatoms. The maximum absolute atomic E-state index is 11.6. The lowest BCUT2D eigenvalue weighted by Crippen LogP contribution is -2.09. The van der Waals surface area contributed by atoms with Crippen molar-refractivity contribution in [2.45, 2.75) is 0 Å². The minimum atomic E-state index is -0.299. The summed E-state index contributed by atoms with van der Waals surface area (Å²) in [5.74, 6) is 0.0433. The summed E-state index contributed by atoms with van der Waals surface area (Å²) in [6.45, 7) is 0. The Kier molecular flexibility index (Phi) is 4.49. The van der Waals surface area contributed by atoms with Gasteiger partial charge in [0, 0.05) is 11.1 Å². The van der Waals surface area contributed by atoms with Gasteiger partial charge in [0.15, 0.2) is 5.82 Å². The number of nitrogens with zero attached hydrogens (tertiary/aromatic N) is 2. The summed E-state index contributed by atoms with van der Waals surface area (Å²) in [5, 5.41) is 3.49. The van der Waals surface area contributed by atoms with Gasteiger partial charge in [-0.3, -0.25) is 4.79 Å². The lowest BCUT2D eigenvalue weighted by molar-refractivity contribution is -0.111. The van der Waals surface area contributed by atoms with E-state index in [-0.39, 0.29) is 11.1 Å². The van der Waals surface area contributed by atoms with E-state index in [2.05, 4.69) is 15.3 Å². The van der Waals surface area contributed by atoms with Crippen LogP contribution in [0.1, 0.15) is 5.56 Å². The van der Waals surface area contributed by atoms with Gasteiger partial charge in [-0.25, -0.2) is 9.97 Å². The Morgan fingerprint density at radius 2 is 1.84 bits per heavy atom. The Morgan fingerprint density at radius 3 is 2.47 bits per heavy atom. The van der Waals surface area contributed by atoms with Gasteiger partial charge >= 0.3 is 0 Å². The predicted molar refractivity (Wildman–Crippen MR) is 76.2 cm³/mol. The summed E-state index contributed by atoms with van der Waals surface area (Å²) < 4.78 is 0. The maximum Gasteiger partial charge on any atom is 0.249 e. The van der Waals surface area contributed by atoms with Crippen molar-refractivity contribution in [2.75, 3.05) is 5.32 Å². The first-order valence-corrected chi connectivity index (χ1v) is 6.11. The molecule has 2 aromatic rings. The molecule has 1 N–H and O–H groups in total. The number of anilines is 1. The van der Waals surface area contributed by atoms with Crippen molar-refractivity contribution in [1.82, 2.24) is 9.97 Å². The molecule has 0 bridgehead atoms. The molecule has 1 heterocycles. The van der Waals surface area contributed by atoms with Gasteiger partial charge in [-0.15, -0.1) is 0 Å². The van der Waals surface area contributed by atoms with E-state index < -0.39 is 0 Å². The third-order valence-electron chi connectivity index (χ3n) is 2.17. The van der Waals surface area contributed by atoms with Gasteiger partial charge in [-0.05, 0) is 23.8 Å². The van der Waals surface area contributed by atoms with E-state index in [9.17, 15) is 4.79 Å². The molecule has 0 atom stereocenters. The summed E-state index contributed by atoms with van der Waals surface area (Å²) in [6, 6.07) is 7.13. The lowest BCUT2D eigenvalue weighted by Gasteiger charge is -1.99. The van der Waals surface area contributed by atoms with Crippen molar-refractivity contribution in [2.24, 2.45) is 0 Å². The largest absolute Gasteiger partial charge is 0.306 e. The normalized spacial score (nSPS) is 10.6. The molecule has 4 nitrogen and oxygen atoms in total. The molecule has 0 aliphatic carbocycles. The summed E-state index contributed by atoms with van der Waals surface area (Å²) in [5.41, 5.74) is 0.877. The lowest BCUT2D eigenvalue weighted by atomic mass is 10.2. The van der Waals surface area contributed by atoms with E-state index in [1.807, 2.05) is 12.1 Å². The third-order valence-corrected chi connectivity index (χ3v) is 2.62. The van der Waals surface area contributed by atoms with Crippen LogP contribution in [0, 0.1) is 0 Å². The number of carbonyl (C=O) groups excluding carboxylic acids is 1. The first-order valence-electron chi connectivity index (χ1n) is 5.36. The van der Waals surface area contributed by atoms with Gasteiger partial charge < -0.3 is 5.32 Å². The van der Waals surface area contributed by atoms with E-state index in [4.69, 9.17) is 23.2 Å². The van der Waals surface area contributed by atoms with Gasteiger partial charge in [0.05, 0.1) is 12.4 Å². The standard InChI is InChI=1S/C13H9Cl2N3O/c14-10-4-1-9(2-5-10)3-6-13(19)18-12-8-16-11(15)7-17-12/h1-8H,(H,17,18,19)/b6-3+. The van der Waals surface area contributed by atoms with Crippen LogP contribution in [0.25, 0.3) is 6.08 Å². The molecule has 1 aromatic carbocycles. The zero-order valence-electron chi connectivity index (χ0n) is 9.68. The topological polar surface area (TPSA) is 54.9 Å². The minimum absolute atomic E-state index is 0.273. The van der Waals surface area contributed by atoms with Crippen LogP contribution >= 0.6 is 23.2 Å². The molecular formula is C13H9Cl2N3O. The van der Waals surface area contributed by atoms with Gasteiger partial charge in [0.2, 0.25) is 5.91 Å². The number of aromatic nitrogens is 2. The van der Waals surface area contributed by atoms with Crippen molar-refractivity contribution in [3.05, 3.63) is 58.5 Å². The highest BCUT2D eigenvalue weighted by Gasteiger charge is 1.99. The third kappa shape index (κ3) is 4.35. The second-order valence-corrected chi connectivity index (χ2v) is 4.42. The fourth-order valence-electron chi connectivity index (χ4n) is 1.29. The molecule has 0 aliphatic rings. The molecule has 0 saturated carbocycles. The van der Waals surface area contributed by atoms with Crippen molar-refractivity contribution >= 4 is 41.0 Å². The Balaban J connectivity index is 1.97. The fourth-order valence-corrected chi connectivity index (χ4v) is 1.51. The Bertz CT molecular complexity index is 594. The maximum atomic E-state index is 11.6. The first kappa shape index (κ1) is 13.5. The van der Waals surface area contributed by atoms with Crippen LogP contribution in [0.3, 0.4) is 0 Å². The molecule has 0 fully saturated rings. The predicted octanol–water partition coefficient (Wildman–Crippen LogP) is 3.44. The number of amides is 1. The molecule has 2 rings (SSSR count). The second kappa shape index (κ2) is 6.31. The average Bonchev–Trinajstić information content (AvgIpc) is 2.41. The highest BCUT2D eigenvalue weighted by atomic mass is 35.5. The number of benzene rings is 1. The van der Waals surface area contributed by atoms with E-state index in [1.54, 1.807) is 18.2 Å². The molecule has 0 spiro atoms. The molecule has 0 saturated heterocycles. The summed E-state index contributed by atoms with van der Waals surface area (Å²) >= 11 is 11.4. The van der Waals surface area contributed by atoms with Gasteiger partial charge in [0.25, 0.3) is 0 Å². The summed E-state index contributed by atoms with van der Waals surface area (Å²) in [4.78, 5) is 19.3. The molecule has 0 radical (unpaired) electrons. The number of hydrogen-bond donors (Lipinski definition) is 1. The Hall–Kier alpha value is -1.91. The van der Waals surface area contributed by atoms with Crippen LogP contribution in [0.2, 0.25) is 10.2 Å². The zero-order chi connectivity index (χ0) is 13.7. The number of nitrogens with one attached hydrogen (secondary N) is 1.